The summed E-state index contributed by atoms with van der Waals surface area (Å²) in [6.07, 6.45) is 0. The average molecular weight is 297 g/mol. The summed E-state index contributed by atoms with van der Waals surface area (Å²) in [4.78, 5) is 5.06. The number of anilines is 1. The number of halogens is 1. The summed E-state index contributed by atoms with van der Waals surface area (Å²) in [6, 6.07) is 10.7. The topological polar surface area (TPSA) is 6.48 Å². The number of hydrogen-bond donors (Lipinski definition) is 0. The standard InChI is InChI=1S/C14H21BrN2/c1-13(11-15)12-16-7-9-17(10-8-16)14-5-3-2-4-6-14/h2-6,13H,7-12H2,1H3. The second-order valence-corrected chi connectivity index (χ2v) is 5.53. The fourth-order valence-electron chi connectivity index (χ4n) is 2.32. The first-order chi connectivity index (χ1) is 8.29. The van der Waals surface area contributed by atoms with Crippen LogP contribution in [0, 0.1) is 5.92 Å². The summed E-state index contributed by atoms with van der Waals surface area (Å²) in [5, 5.41) is 1.10. The van der Waals surface area contributed by atoms with Gasteiger partial charge in [0.15, 0.2) is 0 Å². The van der Waals surface area contributed by atoms with E-state index in [-0.39, 0.29) is 0 Å². The molecule has 1 aliphatic rings. The number of nitrogens with zero attached hydrogens (tertiary/aromatic N) is 2. The predicted octanol–water partition coefficient (Wildman–Crippen LogP) is 2.84. The molecule has 1 aliphatic heterocycles. The lowest BCUT2D eigenvalue weighted by molar-refractivity contribution is 0.233. The van der Waals surface area contributed by atoms with Gasteiger partial charge in [-0.15, -0.1) is 0 Å². The highest BCUT2D eigenvalue weighted by atomic mass is 79.9. The number of rotatable bonds is 4. The minimum Gasteiger partial charge on any atom is -0.369 e. The van der Waals surface area contributed by atoms with Crippen LogP contribution in [0.3, 0.4) is 0 Å². The van der Waals surface area contributed by atoms with E-state index >= 15 is 0 Å². The van der Waals surface area contributed by atoms with E-state index in [4.69, 9.17) is 0 Å². The van der Waals surface area contributed by atoms with E-state index in [2.05, 4.69) is 63.0 Å². The fraction of sp³-hybridized carbons (Fsp3) is 0.571. The quantitative estimate of drug-likeness (QED) is 0.789. The van der Waals surface area contributed by atoms with Crippen molar-refractivity contribution in [2.75, 3.05) is 43.0 Å². The van der Waals surface area contributed by atoms with Gasteiger partial charge in [0.25, 0.3) is 0 Å². The maximum atomic E-state index is 3.55. The molecule has 1 saturated heterocycles. The Labute approximate surface area is 113 Å². The van der Waals surface area contributed by atoms with Crippen LogP contribution in [0.1, 0.15) is 6.92 Å². The molecule has 0 spiro atoms. The molecule has 94 valence electrons. The van der Waals surface area contributed by atoms with Crippen molar-refractivity contribution in [3.63, 3.8) is 0 Å². The van der Waals surface area contributed by atoms with Crippen LogP contribution in [-0.2, 0) is 0 Å². The van der Waals surface area contributed by atoms with Crippen molar-refractivity contribution in [3.8, 4) is 0 Å². The summed E-state index contributed by atoms with van der Waals surface area (Å²) in [7, 11) is 0. The molecular formula is C14H21BrN2. The molecule has 0 saturated carbocycles. The second-order valence-electron chi connectivity index (χ2n) is 4.88. The van der Waals surface area contributed by atoms with Crippen molar-refractivity contribution >= 4 is 21.6 Å². The maximum absolute atomic E-state index is 3.55. The van der Waals surface area contributed by atoms with Gasteiger partial charge < -0.3 is 4.90 Å². The van der Waals surface area contributed by atoms with Gasteiger partial charge in [-0.05, 0) is 18.1 Å². The molecule has 1 aromatic carbocycles. The van der Waals surface area contributed by atoms with Gasteiger partial charge in [0, 0.05) is 43.7 Å². The van der Waals surface area contributed by atoms with Gasteiger partial charge in [0.05, 0.1) is 0 Å². The Kier molecular flexibility index (Phi) is 4.86. The largest absolute Gasteiger partial charge is 0.369 e. The van der Waals surface area contributed by atoms with Gasteiger partial charge in [0.2, 0.25) is 0 Å². The second kappa shape index (κ2) is 6.41. The molecule has 3 heteroatoms. The third-order valence-electron chi connectivity index (χ3n) is 3.33. The molecule has 0 N–H and O–H groups in total. The lowest BCUT2D eigenvalue weighted by atomic mass is 10.2. The molecule has 1 fully saturated rings. The SMILES string of the molecule is CC(CBr)CN1CCN(c2ccccc2)CC1. The molecule has 0 aliphatic carbocycles. The highest BCUT2D eigenvalue weighted by molar-refractivity contribution is 9.09. The lowest BCUT2D eigenvalue weighted by Crippen LogP contribution is -2.47. The Bertz CT molecular complexity index is 320. The Morgan fingerprint density at radius 1 is 1.12 bits per heavy atom. The minimum atomic E-state index is 0.748. The van der Waals surface area contributed by atoms with E-state index in [0.29, 0.717) is 0 Å². The highest BCUT2D eigenvalue weighted by Gasteiger charge is 2.18. The van der Waals surface area contributed by atoms with Crippen molar-refractivity contribution in [2.45, 2.75) is 6.92 Å². The van der Waals surface area contributed by atoms with E-state index < -0.39 is 0 Å². The van der Waals surface area contributed by atoms with Crippen molar-refractivity contribution in [3.05, 3.63) is 30.3 Å². The van der Waals surface area contributed by atoms with E-state index in [1.807, 2.05) is 0 Å². The van der Waals surface area contributed by atoms with Gasteiger partial charge in [-0.1, -0.05) is 41.1 Å². The van der Waals surface area contributed by atoms with Crippen LogP contribution in [0.2, 0.25) is 0 Å². The van der Waals surface area contributed by atoms with E-state index in [1.54, 1.807) is 0 Å². The predicted molar refractivity (Wildman–Crippen MR) is 78.1 cm³/mol. The van der Waals surface area contributed by atoms with E-state index in [0.717, 1.165) is 24.3 Å². The summed E-state index contributed by atoms with van der Waals surface area (Å²) < 4.78 is 0. The summed E-state index contributed by atoms with van der Waals surface area (Å²) in [6.45, 7) is 8.20. The maximum Gasteiger partial charge on any atom is 0.0367 e. The number of benzene rings is 1. The third-order valence-corrected chi connectivity index (χ3v) is 4.43. The molecule has 0 radical (unpaired) electrons. The van der Waals surface area contributed by atoms with Crippen LogP contribution in [-0.4, -0.2) is 43.0 Å². The summed E-state index contributed by atoms with van der Waals surface area (Å²) in [5.41, 5.74) is 1.36. The molecule has 0 aromatic heterocycles. The van der Waals surface area contributed by atoms with Crippen molar-refractivity contribution in [1.82, 2.24) is 4.90 Å². The normalized spacial score (nSPS) is 19.3. The third kappa shape index (κ3) is 3.71. The number of alkyl halides is 1. The Hall–Kier alpha value is -0.540. The van der Waals surface area contributed by atoms with Crippen molar-refractivity contribution < 1.29 is 0 Å². The van der Waals surface area contributed by atoms with Gasteiger partial charge in [0.1, 0.15) is 0 Å². The minimum absolute atomic E-state index is 0.748. The molecule has 2 nitrogen and oxygen atoms in total. The van der Waals surface area contributed by atoms with Crippen LogP contribution in [0.4, 0.5) is 5.69 Å². The highest BCUT2D eigenvalue weighted by Crippen LogP contribution is 2.16. The van der Waals surface area contributed by atoms with Crippen LogP contribution >= 0.6 is 15.9 Å². The zero-order valence-electron chi connectivity index (χ0n) is 10.5. The Morgan fingerprint density at radius 2 is 1.76 bits per heavy atom. The first-order valence-electron chi connectivity index (χ1n) is 6.38. The number of para-hydroxylation sites is 1. The van der Waals surface area contributed by atoms with Gasteiger partial charge >= 0.3 is 0 Å². The Morgan fingerprint density at radius 3 is 2.35 bits per heavy atom. The van der Waals surface area contributed by atoms with Crippen LogP contribution in [0.5, 0.6) is 0 Å². The summed E-state index contributed by atoms with van der Waals surface area (Å²) >= 11 is 3.55. The van der Waals surface area contributed by atoms with Gasteiger partial charge in [-0.25, -0.2) is 0 Å². The fourth-order valence-corrected chi connectivity index (χ4v) is 2.52. The average Bonchev–Trinajstić information content (AvgIpc) is 2.40. The molecule has 1 atom stereocenters. The van der Waals surface area contributed by atoms with Gasteiger partial charge in [-0.2, -0.15) is 0 Å². The molecule has 2 rings (SSSR count). The van der Waals surface area contributed by atoms with E-state index in [1.165, 1.54) is 25.3 Å². The van der Waals surface area contributed by atoms with Gasteiger partial charge in [-0.3, -0.25) is 4.90 Å². The van der Waals surface area contributed by atoms with Crippen LogP contribution in [0.25, 0.3) is 0 Å². The lowest BCUT2D eigenvalue weighted by Gasteiger charge is -2.37. The molecule has 1 heterocycles. The van der Waals surface area contributed by atoms with Crippen molar-refractivity contribution in [2.24, 2.45) is 5.92 Å². The van der Waals surface area contributed by atoms with E-state index in [9.17, 15) is 0 Å². The zero-order chi connectivity index (χ0) is 12.1. The van der Waals surface area contributed by atoms with Crippen LogP contribution in [0.15, 0.2) is 30.3 Å². The number of hydrogen-bond acceptors (Lipinski definition) is 2. The first kappa shape index (κ1) is 12.9. The first-order valence-corrected chi connectivity index (χ1v) is 7.50. The summed E-state index contributed by atoms with van der Waals surface area (Å²) in [5.74, 6) is 0.748. The number of piperazine rings is 1. The Balaban J connectivity index is 1.82. The van der Waals surface area contributed by atoms with Crippen LogP contribution < -0.4 is 4.90 Å². The molecule has 1 unspecified atom stereocenters. The molecular weight excluding hydrogens is 276 g/mol. The van der Waals surface area contributed by atoms with Crippen molar-refractivity contribution in [1.29, 1.82) is 0 Å². The zero-order valence-corrected chi connectivity index (χ0v) is 12.1. The molecule has 0 amide bonds. The molecule has 17 heavy (non-hydrogen) atoms. The smallest absolute Gasteiger partial charge is 0.0367 e. The molecule has 1 aromatic rings. The monoisotopic (exact) mass is 296 g/mol. The molecule has 0 bridgehead atoms.